The highest BCUT2D eigenvalue weighted by Gasteiger charge is 2.24. The molecule has 0 amide bonds. The Balaban J connectivity index is 1.73. The molecular weight excluding hydrogens is 338 g/mol. The van der Waals surface area contributed by atoms with E-state index in [9.17, 15) is 4.79 Å². The van der Waals surface area contributed by atoms with Crippen molar-refractivity contribution in [1.29, 1.82) is 0 Å². The summed E-state index contributed by atoms with van der Waals surface area (Å²) in [7, 11) is 0. The molecule has 0 fully saturated rings. The molecule has 0 saturated heterocycles. The molecule has 2 N–H and O–H groups in total. The van der Waals surface area contributed by atoms with Gasteiger partial charge in [0.1, 0.15) is 6.26 Å². The lowest BCUT2D eigenvalue weighted by molar-refractivity contribution is 0.103. The Hall–Kier alpha value is -2.79. The van der Waals surface area contributed by atoms with E-state index >= 15 is 0 Å². The van der Waals surface area contributed by atoms with Gasteiger partial charge in [0, 0.05) is 41.3 Å². The predicted octanol–water partition coefficient (Wildman–Crippen LogP) is 4.07. The van der Waals surface area contributed by atoms with E-state index < -0.39 is 0 Å². The summed E-state index contributed by atoms with van der Waals surface area (Å²) in [6.45, 7) is 8.66. The van der Waals surface area contributed by atoms with Gasteiger partial charge in [0.25, 0.3) is 0 Å². The number of fused-ring (bicyclic) bond motifs is 1. The second kappa shape index (κ2) is 6.43. The van der Waals surface area contributed by atoms with E-state index in [1.54, 1.807) is 10.7 Å². The summed E-state index contributed by atoms with van der Waals surface area (Å²) >= 11 is 0. The molecule has 0 atom stereocenters. The minimum absolute atomic E-state index is 0.0436. The van der Waals surface area contributed by atoms with Crippen LogP contribution in [-0.2, 0) is 0 Å². The zero-order chi connectivity index (χ0) is 19.2. The van der Waals surface area contributed by atoms with Crippen LogP contribution < -0.4 is 5.84 Å². The lowest BCUT2D eigenvalue weighted by atomic mass is 9.94. The monoisotopic (exact) mass is 363 g/mol. The van der Waals surface area contributed by atoms with Crippen molar-refractivity contribution in [3.63, 3.8) is 0 Å². The van der Waals surface area contributed by atoms with Crippen LogP contribution in [0.25, 0.3) is 16.5 Å². The van der Waals surface area contributed by atoms with Crippen LogP contribution in [0.3, 0.4) is 0 Å². The third kappa shape index (κ3) is 3.19. The standard InChI is InChI=1S/C22H25N3O2/c1-22(2,3)24-9-6-15(7-10-24)19-13-25(23)20-5-4-16(12-18(19)20)21(26)17-8-11-27-14-17/h4-6,8,11-14H,7,9-10,23H2,1-3H3. The molecule has 27 heavy (non-hydrogen) atoms. The quantitative estimate of drug-likeness (QED) is 0.563. The number of ketones is 1. The van der Waals surface area contributed by atoms with E-state index in [0.717, 1.165) is 36.0 Å². The maximum atomic E-state index is 12.7. The van der Waals surface area contributed by atoms with Gasteiger partial charge in [-0.25, -0.2) is 0 Å². The van der Waals surface area contributed by atoms with Crippen LogP contribution in [0.5, 0.6) is 0 Å². The molecule has 0 unspecified atom stereocenters. The van der Waals surface area contributed by atoms with Crippen molar-refractivity contribution >= 4 is 22.3 Å². The summed E-state index contributed by atoms with van der Waals surface area (Å²) < 4.78 is 6.69. The molecule has 0 aliphatic carbocycles. The van der Waals surface area contributed by atoms with E-state index in [0.29, 0.717) is 11.1 Å². The molecule has 5 nitrogen and oxygen atoms in total. The maximum Gasteiger partial charge on any atom is 0.196 e. The van der Waals surface area contributed by atoms with Crippen molar-refractivity contribution < 1.29 is 9.21 Å². The van der Waals surface area contributed by atoms with Gasteiger partial charge in [0.2, 0.25) is 0 Å². The van der Waals surface area contributed by atoms with Crippen molar-refractivity contribution in [1.82, 2.24) is 9.58 Å². The number of hydrogen-bond acceptors (Lipinski definition) is 4. The number of nitrogens with two attached hydrogens (primary N) is 1. The molecule has 1 aliphatic rings. The highest BCUT2D eigenvalue weighted by molar-refractivity contribution is 6.11. The smallest absolute Gasteiger partial charge is 0.196 e. The number of nitrogens with zero attached hydrogens (tertiary/aromatic N) is 2. The SMILES string of the molecule is CC(C)(C)N1CC=C(c2cn(N)c3ccc(C(=O)c4ccoc4)cc23)CC1. The topological polar surface area (TPSA) is 64.4 Å². The second-order valence-electron chi connectivity index (χ2n) is 8.12. The highest BCUT2D eigenvalue weighted by Crippen LogP contribution is 2.32. The number of hydrogen-bond donors (Lipinski definition) is 1. The van der Waals surface area contributed by atoms with Gasteiger partial charge in [-0.15, -0.1) is 0 Å². The molecule has 3 aromatic rings. The average Bonchev–Trinajstić information content (AvgIpc) is 3.29. The van der Waals surface area contributed by atoms with E-state index in [2.05, 4.69) is 31.7 Å². The molecule has 5 heteroatoms. The molecule has 4 rings (SSSR count). The summed E-state index contributed by atoms with van der Waals surface area (Å²) in [5, 5.41) is 1.02. The van der Waals surface area contributed by atoms with Crippen molar-refractivity contribution in [2.24, 2.45) is 0 Å². The van der Waals surface area contributed by atoms with E-state index in [1.807, 2.05) is 24.4 Å². The second-order valence-corrected chi connectivity index (χ2v) is 8.12. The molecule has 0 spiro atoms. The van der Waals surface area contributed by atoms with E-state index in [1.165, 1.54) is 18.1 Å². The number of carbonyl (C=O) groups is 1. The Morgan fingerprint density at radius 2 is 2.00 bits per heavy atom. The molecule has 0 bridgehead atoms. The molecule has 1 aliphatic heterocycles. The Morgan fingerprint density at radius 1 is 1.19 bits per heavy atom. The average molecular weight is 363 g/mol. The maximum absolute atomic E-state index is 12.7. The van der Waals surface area contributed by atoms with Crippen LogP contribution in [0.1, 0.15) is 48.7 Å². The van der Waals surface area contributed by atoms with Gasteiger partial charge in [0.15, 0.2) is 5.78 Å². The minimum atomic E-state index is -0.0436. The number of nitrogen functional groups attached to an aromatic ring is 1. The number of benzene rings is 1. The largest absolute Gasteiger partial charge is 0.472 e. The van der Waals surface area contributed by atoms with Gasteiger partial charge in [-0.05, 0) is 57.0 Å². The Labute approximate surface area is 159 Å². The third-order valence-electron chi connectivity index (χ3n) is 5.38. The zero-order valence-corrected chi connectivity index (χ0v) is 16.0. The van der Waals surface area contributed by atoms with Crippen LogP contribution >= 0.6 is 0 Å². The van der Waals surface area contributed by atoms with Gasteiger partial charge >= 0.3 is 0 Å². The first kappa shape index (κ1) is 17.6. The van der Waals surface area contributed by atoms with Crippen molar-refractivity contribution in [3.05, 3.63) is 65.8 Å². The fraction of sp³-hybridized carbons (Fsp3) is 0.318. The fourth-order valence-corrected chi connectivity index (χ4v) is 3.74. The van der Waals surface area contributed by atoms with Crippen LogP contribution in [0.15, 0.2) is 53.5 Å². The third-order valence-corrected chi connectivity index (χ3v) is 5.38. The molecule has 0 saturated carbocycles. The normalized spacial score (nSPS) is 15.9. The number of aromatic nitrogens is 1. The van der Waals surface area contributed by atoms with Gasteiger partial charge in [0.05, 0.1) is 17.3 Å². The van der Waals surface area contributed by atoms with Crippen molar-refractivity contribution in [3.8, 4) is 0 Å². The molecule has 2 aromatic heterocycles. The number of rotatable bonds is 3. The number of carbonyl (C=O) groups excluding carboxylic acids is 1. The fourth-order valence-electron chi connectivity index (χ4n) is 3.74. The Bertz CT molecular complexity index is 1020. The minimum Gasteiger partial charge on any atom is -0.472 e. The van der Waals surface area contributed by atoms with Crippen molar-refractivity contribution in [2.45, 2.75) is 32.7 Å². The first-order valence-corrected chi connectivity index (χ1v) is 9.26. The van der Waals surface area contributed by atoms with Gasteiger partial charge < -0.3 is 10.3 Å². The predicted molar refractivity (Wildman–Crippen MR) is 108 cm³/mol. The molecular formula is C22H25N3O2. The molecule has 0 radical (unpaired) electrons. The molecule has 140 valence electrons. The van der Waals surface area contributed by atoms with Gasteiger partial charge in [-0.3, -0.25) is 14.4 Å². The lowest BCUT2D eigenvalue weighted by Gasteiger charge is -2.37. The molecule has 3 heterocycles. The zero-order valence-electron chi connectivity index (χ0n) is 16.0. The van der Waals surface area contributed by atoms with Crippen LogP contribution in [-0.4, -0.2) is 34.0 Å². The summed E-state index contributed by atoms with van der Waals surface area (Å²) in [6, 6.07) is 7.37. The molecule has 1 aromatic carbocycles. The van der Waals surface area contributed by atoms with Crippen LogP contribution in [0, 0.1) is 0 Å². The number of furan rings is 1. The van der Waals surface area contributed by atoms with E-state index in [-0.39, 0.29) is 11.3 Å². The summed E-state index contributed by atoms with van der Waals surface area (Å²) in [6.07, 6.45) is 8.22. The van der Waals surface area contributed by atoms with Gasteiger partial charge in [-0.2, -0.15) is 0 Å². The Kier molecular flexibility index (Phi) is 4.19. The van der Waals surface area contributed by atoms with E-state index in [4.69, 9.17) is 10.3 Å². The summed E-state index contributed by atoms with van der Waals surface area (Å²) in [5.74, 6) is 6.14. The van der Waals surface area contributed by atoms with Crippen LogP contribution in [0.2, 0.25) is 0 Å². The van der Waals surface area contributed by atoms with Crippen LogP contribution in [0.4, 0.5) is 0 Å². The van der Waals surface area contributed by atoms with Crippen molar-refractivity contribution in [2.75, 3.05) is 18.9 Å². The Morgan fingerprint density at radius 3 is 2.63 bits per heavy atom. The first-order chi connectivity index (χ1) is 12.8. The van der Waals surface area contributed by atoms with Gasteiger partial charge in [-0.1, -0.05) is 6.08 Å². The first-order valence-electron chi connectivity index (χ1n) is 9.26. The highest BCUT2D eigenvalue weighted by atomic mass is 16.3. The summed E-state index contributed by atoms with van der Waals surface area (Å²) in [4.78, 5) is 15.1. The lowest BCUT2D eigenvalue weighted by Crippen LogP contribution is -2.43. The summed E-state index contributed by atoms with van der Waals surface area (Å²) in [5.41, 5.74) is 4.69.